The number of likely N-dealkylation sites (N-methyl/N-ethyl adjacent to an activating group) is 1. The van der Waals surface area contributed by atoms with E-state index >= 15 is 0 Å². The third kappa shape index (κ3) is 3.81. The molecule has 21 heavy (non-hydrogen) atoms. The summed E-state index contributed by atoms with van der Waals surface area (Å²) in [5.41, 5.74) is 1.01. The van der Waals surface area contributed by atoms with Crippen molar-refractivity contribution in [2.24, 2.45) is 5.92 Å². The van der Waals surface area contributed by atoms with Crippen molar-refractivity contribution >= 4 is 17.8 Å². The van der Waals surface area contributed by atoms with Crippen LogP contribution < -0.4 is 0 Å². The van der Waals surface area contributed by atoms with Gasteiger partial charge in [-0.2, -0.15) is 0 Å². The summed E-state index contributed by atoms with van der Waals surface area (Å²) in [6.07, 6.45) is 0.148. The molecule has 0 aliphatic carbocycles. The number of hydrogen-bond donors (Lipinski definition) is 1. The maximum absolute atomic E-state index is 12.1. The Morgan fingerprint density at radius 3 is 2.62 bits per heavy atom. The molecule has 1 atom stereocenters. The topological polar surface area (TPSA) is 77.9 Å². The van der Waals surface area contributed by atoms with Gasteiger partial charge in [0, 0.05) is 26.6 Å². The van der Waals surface area contributed by atoms with Crippen LogP contribution in [0.3, 0.4) is 0 Å². The summed E-state index contributed by atoms with van der Waals surface area (Å²) in [6.45, 7) is 0.477. The van der Waals surface area contributed by atoms with Crippen molar-refractivity contribution in [2.75, 3.05) is 20.1 Å². The molecule has 0 radical (unpaired) electrons. The second-order valence-corrected chi connectivity index (χ2v) is 5.25. The van der Waals surface area contributed by atoms with Crippen LogP contribution in [0.5, 0.6) is 0 Å². The van der Waals surface area contributed by atoms with Crippen molar-refractivity contribution in [1.82, 2.24) is 9.80 Å². The fourth-order valence-corrected chi connectivity index (χ4v) is 2.49. The van der Waals surface area contributed by atoms with Gasteiger partial charge >= 0.3 is 5.97 Å². The maximum Gasteiger partial charge on any atom is 0.323 e. The zero-order chi connectivity index (χ0) is 15.4. The first-order chi connectivity index (χ1) is 9.97. The van der Waals surface area contributed by atoms with Gasteiger partial charge in [0.05, 0.1) is 5.92 Å². The molecule has 1 saturated heterocycles. The molecule has 6 heteroatoms. The molecule has 1 aliphatic rings. The second kappa shape index (κ2) is 6.39. The molecule has 1 N–H and O–H groups in total. The lowest BCUT2D eigenvalue weighted by Crippen LogP contribution is -2.37. The normalized spacial score (nSPS) is 17.9. The molecular formula is C15H18N2O4. The predicted octanol–water partition coefficient (Wildman–Crippen LogP) is 0.578. The van der Waals surface area contributed by atoms with Crippen LogP contribution in [0.25, 0.3) is 0 Å². The number of amides is 2. The summed E-state index contributed by atoms with van der Waals surface area (Å²) >= 11 is 0. The number of nitrogens with zero attached hydrogens (tertiary/aromatic N) is 2. The largest absolute Gasteiger partial charge is 0.480 e. The minimum atomic E-state index is -1.06. The molecule has 0 unspecified atom stereocenters. The fraction of sp³-hybridized carbons (Fsp3) is 0.400. The molecule has 112 valence electrons. The Bertz CT molecular complexity index is 544. The average molecular weight is 290 g/mol. The number of carbonyl (C=O) groups is 3. The minimum Gasteiger partial charge on any atom is -0.480 e. The first-order valence-electron chi connectivity index (χ1n) is 6.76. The van der Waals surface area contributed by atoms with E-state index in [2.05, 4.69) is 0 Å². The van der Waals surface area contributed by atoms with Gasteiger partial charge in [0.15, 0.2) is 0 Å². The molecule has 0 bridgehead atoms. The van der Waals surface area contributed by atoms with Crippen LogP contribution >= 0.6 is 0 Å². The summed E-state index contributed by atoms with van der Waals surface area (Å²) < 4.78 is 0. The Morgan fingerprint density at radius 2 is 2.00 bits per heavy atom. The van der Waals surface area contributed by atoms with Gasteiger partial charge in [-0.1, -0.05) is 30.3 Å². The van der Waals surface area contributed by atoms with Crippen LogP contribution in [0.2, 0.25) is 0 Å². The Balaban J connectivity index is 1.96. The lowest BCUT2D eigenvalue weighted by molar-refractivity contribution is -0.145. The van der Waals surface area contributed by atoms with Crippen molar-refractivity contribution in [1.29, 1.82) is 0 Å². The highest BCUT2D eigenvalue weighted by molar-refractivity contribution is 5.90. The van der Waals surface area contributed by atoms with Gasteiger partial charge in [-0.3, -0.25) is 14.4 Å². The van der Waals surface area contributed by atoms with Gasteiger partial charge in [-0.15, -0.1) is 0 Å². The van der Waals surface area contributed by atoms with E-state index in [0.717, 1.165) is 10.5 Å². The number of carbonyl (C=O) groups excluding carboxylic acids is 2. The van der Waals surface area contributed by atoms with E-state index in [-0.39, 0.29) is 24.8 Å². The second-order valence-electron chi connectivity index (χ2n) is 5.25. The Hall–Kier alpha value is -2.37. The van der Waals surface area contributed by atoms with Gasteiger partial charge < -0.3 is 14.9 Å². The van der Waals surface area contributed by atoms with Crippen LogP contribution in [-0.2, 0) is 20.9 Å². The lowest BCUT2D eigenvalue weighted by Gasteiger charge is -2.20. The Morgan fingerprint density at radius 1 is 1.33 bits per heavy atom. The van der Waals surface area contributed by atoms with E-state index in [1.165, 1.54) is 7.05 Å². The molecule has 0 aromatic heterocycles. The lowest BCUT2D eigenvalue weighted by atomic mass is 10.1. The monoisotopic (exact) mass is 290 g/mol. The number of carboxylic acids is 1. The Labute approximate surface area is 123 Å². The van der Waals surface area contributed by atoms with Gasteiger partial charge in [0.25, 0.3) is 0 Å². The van der Waals surface area contributed by atoms with Crippen LogP contribution in [0, 0.1) is 5.92 Å². The van der Waals surface area contributed by atoms with Crippen LogP contribution in [-0.4, -0.2) is 52.8 Å². The minimum absolute atomic E-state index is 0.0686. The predicted molar refractivity (Wildman–Crippen MR) is 75.2 cm³/mol. The molecule has 0 spiro atoms. The van der Waals surface area contributed by atoms with E-state index in [0.29, 0.717) is 13.1 Å². The quantitative estimate of drug-likeness (QED) is 0.860. The van der Waals surface area contributed by atoms with E-state index in [1.54, 1.807) is 4.90 Å². The molecule has 0 saturated carbocycles. The number of carboxylic acid groups (broad SMARTS) is 1. The van der Waals surface area contributed by atoms with Crippen molar-refractivity contribution in [3.63, 3.8) is 0 Å². The van der Waals surface area contributed by atoms with Crippen molar-refractivity contribution in [2.45, 2.75) is 13.0 Å². The van der Waals surface area contributed by atoms with E-state index < -0.39 is 11.9 Å². The number of hydrogen-bond acceptors (Lipinski definition) is 3. The summed E-state index contributed by atoms with van der Waals surface area (Å²) in [7, 11) is 1.45. The molecular weight excluding hydrogens is 272 g/mol. The van der Waals surface area contributed by atoms with Crippen LogP contribution in [0.1, 0.15) is 12.0 Å². The smallest absolute Gasteiger partial charge is 0.323 e. The number of aliphatic carboxylic acids is 1. The third-order valence-corrected chi connectivity index (χ3v) is 3.53. The van der Waals surface area contributed by atoms with Gasteiger partial charge in [0.1, 0.15) is 6.54 Å². The number of likely N-dealkylation sites (tertiary alicyclic amines) is 1. The first kappa shape index (κ1) is 15.0. The first-order valence-corrected chi connectivity index (χ1v) is 6.76. The van der Waals surface area contributed by atoms with E-state index in [1.807, 2.05) is 30.3 Å². The van der Waals surface area contributed by atoms with Crippen LogP contribution in [0.4, 0.5) is 0 Å². The zero-order valence-corrected chi connectivity index (χ0v) is 11.9. The standard InChI is InChI=1S/C15H18N2O4/c1-16(10-14(19)20)15(21)12-7-13(18)17(9-12)8-11-5-3-2-4-6-11/h2-6,12H,7-10H2,1H3,(H,19,20)/t12-/m1/s1. The summed E-state index contributed by atoms with van der Waals surface area (Å²) in [5, 5.41) is 8.70. The summed E-state index contributed by atoms with van der Waals surface area (Å²) in [4.78, 5) is 37.5. The highest BCUT2D eigenvalue weighted by Crippen LogP contribution is 2.21. The fourth-order valence-electron chi connectivity index (χ4n) is 2.49. The number of benzene rings is 1. The molecule has 1 aromatic carbocycles. The molecule has 1 fully saturated rings. The SMILES string of the molecule is CN(CC(=O)O)C(=O)[C@@H]1CC(=O)N(Cc2ccccc2)C1. The molecule has 1 aliphatic heterocycles. The van der Waals surface area contributed by atoms with Gasteiger partial charge in [0.2, 0.25) is 11.8 Å². The van der Waals surface area contributed by atoms with Crippen LogP contribution in [0.15, 0.2) is 30.3 Å². The molecule has 6 nitrogen and oxygen atoms in total. The van der Waals surface area contributed by atoms with Crippen molar-refractivity contribution < 1.29 is 19.5 Å². The molecule has 1 aromatic rings. The number of rotatable bonds is 5. The van der Waals surface area contributed by atoms with Gasteiger partial charge in [-0.05, 0) is 5.56 Å². The highest BCUT2D eigenvalue weighted by Gasteiger charge is 2.35. The summed E-state index contributed by atoms with van der Waals surface area (Å²) in [6, 6.07) is 9.57. The maximum atomic E-state index is 12.1. The van der Waals surface area contributed by atoms with Crippen molar-refractivity contribution in [3.05, 3.63) is 35.9 Å². The molecule has 2 amide bonds. The van der Waals surface area contributed by atoms with Crippen molar-refractivity contribution in [3.8, 4) is 0 Å². The van der Waals surface area contributed by atoms with Gasteiger partial charge in [-0.25, -0.2) is 0 Å². The summed E-state index contributed by atoms with van der Waals surface area (Å²) in [5.74, 6) is -1.87. The molecule has 2 rings (SSSR count). The van der Waals surface area contributed by atoms with E-state index in [9.17, 15) is 14.4 Å². The Kier molecular flexibility index (Phi) is 4.57. The zero-order valence-electron chi connectivity index (χ0n) is 11.9. The highest BCUT2D eigenvalue weighted by atomic mass is 16.4. The van der Waals surface area contributed by atoms with E-state index in [4.69, 9.17) is 5.11 Å². The third-order valence-electron chi connectivity index (χ3n) is 3.53. The average Bonchev–Trinajstić information content (AvgIpc) is 2.79. The molecule has 1 heterocycles.